The summed E-state index contributed by atoms with van der Waals surface area (Å²) < 4.78 is 0. The van der Waals surface area contributed by atoms with Crippen molar-refractivity contribution in [2.75, 3.05) is 7.05 Å². The number of hydrogen-bond acceptors (Lipinski definition) is 2. The fraction of sp³-hybridized carbons (Fsp3) is 0.842. The van der Waals surface area contributed by atoms with Gasteiger partial charge in [-0.2, -0.15) is 0 Å². The van der Waals surface area contributed by atoms with Crippen LogP contribution in [0.25, 0.3) is 0 Å². The number of allylic oxidation sites excluding steroid dienone is 2. The lowest BCUT2D eigenvalue weighted by atomic mass is 9.71. The fourth-order valence-corrected chi connectivity index (χ4v) is 3.87. The third kappa shape index (κ3) is 2.68. The van der Waals surface area contributed by atoms with Gasteiger partial charge in [-0.15, -0.1) is 0 Å². The zero-order chi connectivity index (χ0) is 17.6. The minimum absolute atomic E-state index is 0.211. The summed E-state index contributed by atoms with van der Waals surface area (Å²) in [6, 6.07) is 0.347. The first kappa shape index (κ1) is 19.1. The molecule has 0 radical (unpaired) electrons. The first-order valence-corrected chi connectivity index (χ1v) is 8.60. The molecule has 1 amide bonds. The Labute approximate surface area is 137 Å². The molecule has 0 N–H and O–H groups in total. The van der Waals surface area contributed by atoms with Crippen LogP contribution in [0.4, 0.5) is 0 Å². The molecule has 0 saturated carbocycles. The lowest BCUT2D eigenvalue weighted by molar-refractivity contribution is -0.143. The molecule has 0 unspecified atom stereocenters. The van der Waals surface area contributed by atoms with Crippen molar-refractivity contribution in [3.05, 3.63) is 11.4 Å². The first-order chi connectivity index (χ1) is 9.78. The average Bonchev–Trinajstić information content (AvgIpc) is 2.38. The molecule has 0 aromatic rings. The molecule has 0 fully saturated rings. The summed E-state index contributed by atoms with van der Waals surface area (Å²) in [6.45, 7) is 21.9. The normalized spacial score (nSPS) is 22.2. The maximum Gasteiger partial charge on any atom is 0.234 e. The number of carbonyl (C=O) groups excluding carboxylic acids is 1. The van der Waals surface area contributed by atoms with Crippen molar-refractivity contribution in [2.24, 2.45) is 17.3 Å². The minimum Gasteiger partial charge on any atom is -0.365 e. The number of amides is 1. The highest BCUT2D eigenvalue weighted by Crippen LogP contribution is 2.46. The Morgan fingerprint density at radius 3 is 1.55 bits per heavy atom. The van der Waals surface area contributed by atoms with Crippen LogP contribution in [0.1, 0.15) is 69.2 Å². The van der Waals surface area contributed by atoms with Gasteiger partial charge < -0.3 is 9.80 Å². The maximum absolute atomic E-state index is 13.2. The van der Waals surface area contributed by atoms with E-state index in [1.165, 1.54) is 11.4 Å². The van der Waals surface area contributed by atoms with Gasteiger partial charge in [-0.25, -0.2) is 0 Å². The molecule has 1 rings (SSSR count). The van der Waals surface area contributed by atoms with Crippen molar-refractivity contribution in [3.63, 3.8) is 0 Å². The van der Waals surface area contributed by atoms with Gasteiger partial charge in [-0.05, 0) is 53.4 Å². The minimum atomic E-state index is -0.456. The van der Waals surface area contributed by atoms with E-state index in [0.29, 0.717) is 17.9 Å². The highest BCUT2D eigenvalue weighted by molar-refractivity contribution is 5.85. The Bertz CT molecular complexity index is 470. The molecule has 1 aliphatic heterocycles. The Kier molecular flexibility index (Phi) is 5.11. The second-order valence-corrected chi connectivity index (χ2v) is 8.59. The van der Waals surface area contributed by atoms with E-state index in [9.17, 15) is 4.79 Å². The summed E-state index contributed by atoms with van der Waals surface area (Å²) in [7, 11) is 1.95. The molecule has 0 atom stereocenters. The summed E-state index contributed by atoms with van der Waals surface area (Å²) in [5.41, 5.74) is 1.79. The lowest BCUT2D eigenvalue weighted by Crippen LogP contribution is -2.59. The van der Waals surface area contributed by atoms with Crippen LogP contribution in [0.5, 0.6) is 0 Å². The van der Waals surface area contributed by atoms with E-state index in [1.54, 1.807) is 0 Å². The summed E-state index contributed by atoms with van der Waals surface area (Å²) in [6.07, 6.45) is 0. The van der Waals surface area contributed by atoms with E-state index < -0.39 is 5.41 Å². The second-order valence-electron chi connectivity index (χ2n) is 8.59. The number of hydrogen-bond donors (Lipinski definition) is 0. The second kappa shape index (κ2) is 5.90. The van der Waals surface area contributed by atoms with Crippen molar-refractivity contribution < 1.29 is 4.79 Å². The Morgan fingerprint density at radius 1 is 0.818 bits per heavy atom. The van der Waals surface area contributed by atoms with Crippen LogP contribution in [0.3, 0.4) is 0 Å². The van der Waals surface area contributed by atoms with Gasteiger partial charge in [0, 0.05) is 30.0 Å². The maximum atomic E-state index is 13.2. The number of nitrogens with zero attached hydrogens (tertiary/aromatic N) is 2. The summed E-state index contributed by atoms with van der Waals surface area (Å²) in [5, 5.41) is 0. The molecule has 22 heavy (non-hydrogen) atoms. The number of carbonyl (C=O) groups is 1. The van der Waals surface area contributed by atoms with Crippen LogP contribution in [0.15, 0.2) is 11.4 Å². The monoisotopic (exact) mass is 308 g/mol. The van der Waals surface area contributed by atoms with Crippen molar-refractivity contribution in [2.45, 2.75) is 80.8 Å². The summed E-state index contributed by atoms with van der Waals surface area (Å²) in [4.78, 5) is 17.6. The molecule has 0 aromatic heterocycles. The lowest BCUT2D eigenvalue weighted by Gasteiger charge is -2.51. The highest BCUT2D eigenvalue weighted by atomic mass is 16.2. The van der Waals surface area contributed by atoms with Crippen LogP contribution in [-0.4, -0.2) is 34.3 Å². The summed E-state index contributed by atoms with van der Waals surface area (Å²) in [5.74, 6) is 0.906. The smallest absolute Gasteiger partial charge is 0.234 e. The molecule has 0 spiro atoms. The van der Waals surface area contributed by atoms with Crippen molar-refractivity contribution in [3.8, 4) is 0 Å². The van der Waals surface area contributed by atoms with E-state index in [-0.39, 0.29) is 11.4 Å². The molecule has 0 aliphatic carbocycles. The van der Waals surface area contributed by atoms with Gasteiger partial charge in [-0.1, -0.05) is 27.7 Å². The Balaban J connectivity index is 3.83. The van der Waals surface area contributed by atoms with Crippen molar-refractivity contribution in [1.29, 1.82) is 0 Å². The van der Waals surface area contributed by atoms with E-state index in [1.807, 2.05) is 11.9 Å². The van der Waals surface area contributed by atoms with Gasteiger partial charge in [0.25, 0.3) is 0 Å². The van der Waals surface area contributed by atoms with Crippen LogP contribution in [-0.2, 0) is 4.79 Å². The van der Waals surface area contributed by atoms with Gasteiger partial charge in [-0.3, -0.25) is 4.79 Å². The molecule has 128 valence electrons. The third-order valence-electron chi connectivity index (χ3n) is 5.46. The predicted octanol–water partition coefficient (Wildman–Crippen LogP) is 4.50. The Hall–Kier alpha value is -0.990. The zero-order valence-corrected chi connectivity index (χ0v) is 16.5. The standard InChI is InChI=1S/C19H36N2O/c1-12(2)15-16(13(3)4)21(14(5)6)19(9,10)18(7,8)17(22)20(15)11/h12-14H,1-11H3. The van der Waals surface area contributed by atoms with E-state index in [0.717, 1.165) is 0 Å². The molecule has 1 heterocycles. The first-order valence-electron chi connectivity index (χ1n) is 8.60. The molecular formula is C19H36N2O. The van der Waals surface area contributed by atoms with Crippen molar-refractivity contribution >= 4 is 5.91 Å². The molecule has 0 bridgehead atoms. The molecule has 0 aromatic carbocycles. The molecule has 3 heteroatoms. The van der Waals surface area contributed by atoms with Gasteiger partial charge in [0.15, 0.2) is 0 Å². The third-order valence-corrected chi connectivity index (χ3v) is 5.46. The predicted molar refractivity (Wildman–Crippen MR) is 94.3 cm³/mol. The van der Waals surface area contributed by atoms with E-state index >= 15 is 0 Å². The zero-order valence-electron chi connectivity index (χ0n) is 16.5. The van der Waals surface area contributed by atoms with Crippen LogP contribution < -0.4 is 0 Å². The highest BCUT2D eigenvalue weighted by Gasteiger charge is 2.53. The van der Waals surface area contributed by atoms with Crippen molar-refractivity contribution in [1.82, 2.24) is 9.80 Å². The van der Waals surface area contributed by atoms with E-state index in [4.69, 9.17) is 0 Å². The summed E-state index contributed by atoms with van der Waals surface area (Å²) >= 11 is 0. The molecular weight excluding hydrogens is 272 g/mol. The number of rotatable bonds is 3. The Morgan fingerprint density at radius 2 is 1.23 bits per heavy atom. The molecule has 0 saturated heterocycles. The van der Waals surface area contributed by atoms with Gasteiger partial charge >= 0.3 is 0 Å². The quantitative estimate of drug-likeness (QED) is 0.766. The average molecular weight is 309 g/mol. The van der Waals surface area contributed by atoms with Crippen LogP contribution in [0.2, 0.25) is 0 Å². The van der Waals surface area contributed by atoms with Gasteiger partial charge in [0.1, 0.15) is 0 Å². The van der Waals surface area contributed by atoms with Crippen LogP contribution >= 0.6 is 0 Å². The largest absolute Gasteiger partial charge is 0.365 e. The fourth-order valence-electron chi connectivity index (χ4n) is 3.87. The van der Waals surface area contributed by atoms with Crippen LogP contribution in [0, 0.1) is 17.3 Å². The van der Waals surface area contributed by atoms with Gasteiger partial charge in [0.2, 0.25) is 5.91 Å². The van der Waals surface area contributed by atoms with Gasteiger partial charge in [0.05, 0.1) is 5.41 Å². The molecule has 3 nitrogen and oxygen atoms in total. The van der Waals surface area contributed by atoms with E-state index in [2.05, 4.69) is 74.1 Å². The molecule has 1 aliphatic rings. The SMILES string of the molecule is CC(C)C1=C(C(C)C)N(C(C)C)C(C)(C)C(C)(C)C(=O)N1C. The topological polar surface area (TPSA) is 23.6 Å².